The van der Waals surface area contributed by atoms with Crippen molar-refractivity contribution in [2.24, 2.45) is 17.6 Å². The van der Waals surface area contributed by atoms with E-state index in [0.717, 1.165) is 0 Å². The minimum Gasteiger partial charge on any atom is -0.480 e. The maximum atomic E-state index is 12.8. The van der Waals surface area contributed by atoms with E-state index < -0.39 is 54.5 Å². The zero-order valence-electron chi connectivity index (χ0n) is 19.0. The second-order valence-electron chi connectivity index (χ2n) is 8.03. The van der Waals surface area contributed by atoms with Crippen molar-refractivity contribution in [3.63, 3.8) is 0 Å². The number of thioether (sulfide) groups is 1. The van der Waals surface area contributed by atoms with Crippen molar-refractivity contribution in [3.8, 4) is 0 Å². The number of aliphatic carboxylic acids is 1. The minimum atomic E-state index is -1.35. The molecule has 0 spiro atoms. The summed E-state index contributed by atoms with van der Waals surface area (Å²) in [6, 6.07) is -4.21. The molecule has 0 aliphatic heterocycles. The number of carboxylic acids is 1. The van der Waals surface area contributed by atoms with Gasteiger partial charge in [-0.15, -0.1) is 0 Å². The third kappa shape index (κ3) is 10.8. The molecule has 180 valence electrons. The van der Waals surface area contributed by atoms with Crippen LogP contribution in [0.15, 0.2) is 0 Å². The molecule has 5 unspecified atom stereocenters. The number of hydrogen-bond donors (Lipinski definition) is 6. The SMILES string of the molecule is CCC(C)C(NC(=O)C(N)CC(C)C)C(=O)NC(CO)C(=O)NC(CCSC)C(=O)O. The van der Waals surface area contributed by atoms with Crippen molar-refractivity contribution in [2.75, 3.05) is 18.6 Å². The van der Waals surface area contributed by atoms with Gasteiger partial charge in [0, 0.05) is 0 Å². The normalized spacial score (nSPS) is 16.0. The molecule has 0 saturated heterocycles. The molecule has 0 fully saturated rings. The quantitative estimate of drug-likeness (QED) is 0.192. The number of aliphatic hydroxyl groups is 1. The Balaban J connectivity index is 5.24. The van der Waals surface area contributed by atoms with Gasteiger partial charge in [0.1, 0.15) is 18.1 Å². The van der Waals surface area contributed by atoms with Crippen LogP contribution in [0.5, 0.6) is 0 Å². The molecule has 31 heavy (non-hydrogen) atoms. The average Bonchev–Trinajstić information content (AvgIpc) is 2.71. The highest BCUT2D eigenvalue weighted by Gasteiger charge is 2.32. The first-order valence-corrected chi connectivity index (χ1v) is 11.9. The van der Waals surface area contributed by atoms with Crippen molar-refractivity contribution in [1.82, 2.24) is 16.0 Å². The number of carbonyl (C=O) groups is 4. The van der Waals surface area contributed by atoms with Gasteiger partial charge in [-0.2, -0.15) is 11.8 Å². The molecule has 3 amide bonds. The maximum Gasteiger partial charge on any atom is 0.326 e. The monoisotopic (exact) mass is 462 g/mol. The fourth-order valence-electron chi connectivity index (χ4n) is 2.80. The molecule has 0 aliphatic rings. The van der Waals surface area contributed by atoms with Gasteiger partial charge in [0.2, 0.25) is 17.7 Å². The molecule has 0 aromatic rings. The molecule has 0 saturated carbocycles. The van der Waals surface area contributed by atoms with E-state index in [0.29, 0.717) is 18.6 Å². The smallest absolute Gasteiger partial charge is 0.326 e. The number of carbonyl (C=O) groups excluding carboxylic acids is 3. The van der Waals surface area contributed by atoms with E-state index in [2.05, 4.69) is 16.0 Å². The van der Waals surface area contributed by atoms with E-state index in [-0.39, 0.29) is 18.3 Å². The van der Waals surface area contributed by atoms with Crippen LogP contribution in [0.4, 0.5) is 0 Å². The van der Waals surface area contributed by atoms with Crippen LogP contribution in [0.1, 0.15) is 47.0 Å². The number of carboxylic acid groups (broad SMARTS) is 1. The Morgan fingerprint density at radius 3 is 2.00 bits per heavy atom. The highest BCUT2D eigenvalue weighted by Crippen LogP contribution is 2.10. The second kappa shape index (κ2) is 15.0. The lowest BCUT2D eigenvalue weighted by Crippen LogP contribution is -2.59. The van der Waals surface area contributed by atoms with Gasteiger partial charge in [-0.25, -0.2) is 4.79 Å². The lowest BCUT2D eigenvalue weighted by atomic mass is 9.96. The van der Waals surface area contributed by atoms with E-state index in [1.807, 2.05) is 27.0 Å². The third-order valence-electron chi connectivity index (χ3n) is 4.90. The standard InChI is InChI=1S/C20H38N4O6S/c1-6-12(4)16(24-17(26)13(21)9-11(2)3)19(28)23-15(10-25)18(27)22-14(20(29)30)7-8-31-5/h11-16,25H,6-10,21H2,1-5H3,(H,22,27)(H,23,28)(H,24,26)(H,29,30). The first-order valence-electron chi connectivity index (χ1n) is 10.5. The van der Waals surface area contributed by atoms with Gasteiger partial charge in [-0.05, 0) is 36.7 Å². The second-order valence-corrected chi connectivity index (χ2v) is 9.02. The summed E-state index contributed by atoms with van der Waals surface area (Å²) in [6.07, 6.45) is 3.04. The number of nitrogens with one attached hydrogen (secondary N) is 3. The van der Waals surface area contributed by atoms with Gasteiger partial charge in [0.25, 0.3) is 0 Å². The predicted molar refractivity (Wildman–Crippen MR) is 120 cm³/mol. The lowest BCUT2D eigenvalue weighted by Gasteiger charge is -2.27. The summed E-state index contributed by atoms with van der Waals surface area (Å²) in [5.41, 5.74) is 5.90. The van der Waals surface area contributed by atoms with E-state index >= 15 is 0 Å². The Morgan fingerprint density at radius 2 is 1.55 bits per heavy atom. The van der Waals surface area contributed by atoms with Gasteiger partial charge in [-0.1, -0.05) is 34.1 Å². The number of amides is 3. The van der Waals surface area contributed by atoms with Crippen LogP contribution < -0.4 is 21.7 Å². The van der Waals surface area contributed by atoms with Crippen LogP contribution >= 0.6 is 11.8 Å². The number of aliphatic hydroxyl groups excluding tert-OH is 1. The average molecular weight is 463 g/mol. The first-order chi connectivity index (χ1) is 14.5. The van der Waals surface area contributed by atoms with Crippen LogP contribution in [0.3, 0.4) is 0 Å². The predicted octanol–water partition coefficient (Wildman–Crippen LogP) is -0.310. The summed E-state index contributed by atoms with van der Waals surface area (Å²) in [4.78, 5) is 49.0. The molecule has 0 bridgehead atoms. The molecule has 0 aromatic heterocycles. The fourth-order valence-corrected chi connectivity index (χ4v) is 3.27. The molecular formula is C20H38N4O6S. The van der Waals surface area contributed by atoms with Crippen LogP contribution in [0.25, 0.3) is 0 Å². The number of hydrogen-bond acceptors (Lipinski definition) is 7. The first kappa shape index (κ1) is 29.1. The largest absolute Gasteiger partial charge is 0.480 e. The molecule has 0 heterocycles. The topological polar surface area (TPSA) is 171 Å². The van der Waals surface area contributed by atoms with E-state index in [1.54, 1.807) is 6.92 Å². The van der Waals surface area contributed by atoms with Gasteiger partial charge >= 0.3 is 5.97 Å². The van der Waals surface area contributed by atoms with Crippen LogP contribution in [-0.2, 0) is 19.2 Å². The van der Waals surface area contributed by atoms with Crippen LogP contribution in [0.2, 0.25) is 0 Å². The molecule has 0 aliphatic carbocycles. The Labute approximate surface area is 188 Å². The summed E-state index contributed by atoms with van der Waals surface area (Å²) >= 11 is 1.44. The van der Waals surface area contributed by atoms with Gasteiger partial charge in [-0.3, -0.25) is 14.4 Å². The zero-order chi connectivity index (χ0) is 24.1. The van der Waals surface area contributed by atoms with E-state index in [4.69, 9.17) is 5.73 Å². The van der Waals surface area contributed by atoms with Crippen LogP contribution in [-0.4, -0.2) is 76.7 Å². The third-order valence-corrected chi connectivity index (χ3v) is 5.54. The highest BCUT2D eigenvalue weighted by atomic mass is 32.2. The van der Waals surface area contributed by atoms with Crippen molar-refractivity contribution in [2.45, 2.75) is 71.1 Å². The zero-order valence-corrected chi connectivity index (χ0v) is 19.8. The molecule has 10 nitrogen and oxygen atoms in total. The Hall–Kier alpha value is -1.85. The van der Waals surface area contributed by atoms with Crippen LogP contribution in [0, 0.1) is 11.8 Å². The molecular weight excluding hydrogens is 424 g/mol. The maximum absolute atomic E-state index is 12.8. The number of rotatable bonds is 15. The Bertz CT molecular complexity index is 604. The minimum absolute atomic E-state index is 0.201. The van der Waals surface area contributed by atoms with E-state index in [9.17, 15) is 29.4 Å². The summed E-state index contributed by atoms with van der Waals surface area (Å²) in [5.74, 6) is -2.67. The van der Waals surface area contributed by atoms with Crippen molar-refractivity contribution in [3.05, 3.63) is 0 Å². The Kier molecular flexibility index (Phi) is 14.1. The van der Waals surface area contributed by atoms with Crippen molar-refractivity contribution >= 4 is 35.5 Å². The summed E-state index contributed by atoms with van der Waals surface area (Å²) in [6.45, 7) is 6.76. The van der Waals surface area contributed by atoms with Crippen molar-refractivity contribution < 1.29 is 29.4 Å². The molecule has 0 aromatic carbocycles. The molecule has 0 rings (SSSR count). The summed E-state index contributed by atoms with van der Waals surface area (Å²) < 4.78 is 0. The summed E-state index contributed by atoms with van der Waals surface area (Å²) in [7, 11) is 0. The number of nitrogens with two attached hydrogens (primary N) is 1. The lowest BCUT2D eigenvalue weighted by molar-refractivity contribution is -0.142. The fraction of sp³-hybridized carbons (Fsp3) is 0.800. The van der Waals surface area contributed by atoms with Gasteiger partial charge in [0.15, 0.2) is 0 Å². The van der Waals surface area contributed by atoms with Gasteiger partial charge in [0.05, 0.1) is 12.6 Å². The molecule has 0 radical (unpaired) electrons. The molecule has 7 N–H and O–H groups in total. The summed E-state index contributed by atoms with van der Waals surface area (Å²) in [5, 5.41) is 26.2. The van der Waals surface area contributed by atoms with Crippen molar-refractivity contribution in [1.29, 1.82) is 0 Å². The van der Waals surface area contributed by atoms with Gasteiger partial charge < -0.3 is 31.9 Å². The highest BCUT2D eigenvalue weighted by molar-refractivity contribution is 7.98. The van der Waals surface area contributed by atoms with E-state index in [1.165, 1.54) is 11.8 Å². The Morgan fingerprint density at radius 1 is 0.968 bits per heavy atom. The molecule has 5 atom stereocenters. The molecule has 11 heteroatoms.